The van der Waals surface area contributed by atoms with E-state index in [4.69, 9.17) is 5.41 Å². The fraction of sp³-hybridized carbons (Fsp3) is 0.333. The number of amides is 2. The molecule has 1 atom stereocenters. The van der Waals surface area contributed by atoms with Crippen molar-refractivity contribution in [2.45, 2.75) is 19.6 Å². The quantitative estimate of drug-likeness (QED) is 0.881. The summed E-state index contributed by atoms with van der Waals surface area (Å²) in [5, 5.41) is 10.2. The molecule has 2 rings (SSSR count). The maximum Gasteiger partial charge on any atom is 0.387 e. The fourth-order valence-electron chi connectivity index (χ4n) is 2.03. The summed E-state index contributed by atoms with van der Waals surface area (Å²) in [6, 6.07) is 5.10. The van der Waals surface area contributed by atoms with Gasteiger partial charge in [-0.1, -0.05) is 12.1 Å². The molecule has 1 aromatic carbocycles. The third kappa shape index (κ3) is 2.64. The number of nitrogens with zero attached hydrogens (tertiary/aromatic N) is 1. The molecule has 5 nitrogen and oxygen atoms in total. The second-order valence-electron chi connectivity index (χ2n) is 3.98. The fourth-order valence-corrected chi connectivity index (χ4v) is 2.03. The lowest BCUT2D eigenvalue weighted by atomic mass is 10.1. The van der Waals surface area contributed by atoms with Gasteiger partial charge in [-0.3, -0.25) is 10.7 Å². The Morgan fingerprint density at radius 2 is 2.05 bits per heavy atom. The van der Waals surface area contributed by atoms with Gasteiger partial charge in [-0.2, -0.15) is 8.78 Å². The van der Waals surface area contributed by atoms with E-state index < -0.39 is 12.7 Å². The maximum atomic E-state index is 12.0. The summed E-state index contributed by atoms with van der Waals surface area (Å²) in [4.78, 5) is 13.1. The van der Waals surface area contributed by atoms with Crippen LogP contribution in [0.15, 0.2) is 24.3 Å². The number of rotatable bonds is 4. The van der Waals surface area contributed by atoms with Crippen LogP contribution in [0.2, 0.25) is 0 Å². The molecule has 1 fully saturated rings. The van der Waals surface area contributed by atoms with Crippen molar-refractivity contribution in [2.75, 3.05) is 6.54 Å². The van der Waals surface area contributed by atoms with Gasteiger partial charge < -0.3 is 9.64 Å². The molecule has 0 spiro atoms. The first-order valence-corrected chi connectivity index (χ1v) is 5.73. The third-order valence-corrected chi connectivity index (χ3v) is 2.85. The van der Waals surface area contributed by atoms with Crippen molar-refractivity contribution in [2.24, 2.45) is 0 Å². The molecule has 19 heavy (non-hydrogen) atoms. The molecule has 7 heteroatoms. The number of hydrogen-bond acceptors (Lipinski definition) is 3. The first kappa shape index (κ1) is 13.3. The number of alkyl halides is 2. The molecule has 0 bridgehead atoms. The average Bonchev–Trinajstić information content (AvgIpc) is 2.64. The van der Waals surface area contributed by atoms with Crippen LogP contribution < -0.4 is 10.1 Å². The molecule has 0 saturated carbocycles. The number of carbonyl (C=O) groups is 1. The molecule has 0 aromatic heterocycles. The van der Waals surface area contributed by atoms with E-state index in [1.165, 1.54) is 17.0 Å². The van der Waals surface area contributed by atoms with Gasteiger partial charge in [-0.05, 0) is 24.6 Å². The van der Waals surface area contributed by atoms with Crippen molar-refractivity contribution in [1.29, 1.82) is 5.41 Å². The number of urea groups is 1. The largest absolute Gasteiger partial charge is 0.435 e. The minimum absolute atomic E-state index is 0.0469. The highest BCUT2D eigenvalue weighted by molar-refractivity contribution is 6.05. The number of halogens is 2. The molecule has 0 radical (unpaired) electrons. The maximum absolute atomic E-state index is 12.0. The van der Waals surface area contributed by atoms with Crippen LogP contribution in [-0.4, -0.2) is 29.9 Å². The van der Waals surface area contributed by atoms with Crippen molar-refractivity contribution in [1.82, 2.24) is 10.2 Å². The Labute approximate surface area is 108 Å². The lowest BCUT2D eigenvalue weighted by Gasteiger charge is -2.21. The van der Waals surface area contributed by atoms with Crippen LogP contribution >= 0.6 is 0 Å². The van der Waals surface area contributed by atoms with E-state index in [2.05, 4.69) is 10.1 Å². The number of amidine groups is 1. The Hall–Kier alpha value is -2.18. The van der Waals surface area contributed by atoms with Crippen molar-refractivity contribution in [3.8, 4) is 5.75 Å². The minimum atomic E-state index is -2.87. The van der Waals surface area contributed by atoms with Crippen LogP contribution in [-0.2, 0) is 0 Å². The van der Waals surface area contributed by atoms with Crippen LogP contribution in [0.5, 0.6) is 5.75 Å². The van der Waals surface area contributed by atoms with Crippen molar-refractivity contribution >= 4 is 11.9 Å². The molecule has 1 aliphatic rings. The number of likely N-dealkylation sites (N-methyl/N-ethyl adjacent to an activating group) is 1. The zero-order valence-electron chi connectivity index (χ0n) is 10.2. The van der Waals surface area contributed by atoms with Crippen molar-refractivity contribution in [3.63, 3.8) is 0 Å². The van der Waals surface area contributed by atoms with E-state index >= 15 is 0 Å². The predicted molar refractivity (Wildman–Crippen MR) is 64.5 cm³/mol. The normalized spacial score (nSPS) is 18.9. The molecule has 2 amide bonds. The number of benzene rings is 1. The van der Waals surface area contributed by atoms with Gasteiger partial charge >= 0.3 is 12.6 Å². The third-order valence-electron chi connectivity index (χ3n) is 2.85. The summed E-state index contributed by atoms with van der Waals surface area (Å²) in [6.45, 7) is -0.612. The molecule has 1 aromatic rings. The lowest BCUT2D eigenvalue weighted by Crippen LogP contribution is -2.29. The Balaban J connectivity index is 2.21. The van der Waals surface area contributed by atoms with Gasteiger partial charge in [0.05, 0.1) is 0 Å². The van der Waals surface area contributed by atoms with Gasteiger partial charge in [-0.15, -0.1) is 0 Å². The summed E-state index contributed by atoms with van der Waals surface area (Å²) in [5.41, 5.74) is 0.673. The number of hydrogen-bond donors (Lipinski definition) is 2. The van der Waals surface area contributed by atoms with Gasteiger partial charge in [0.1, 0.15) is 17.6 Å². The number of carbonyl (C=O) groups excluding carboxylic acids is 1. The van der Waals surface area contributed by atoms with E-state index in [9.17, 15) is 13.6 Å². The van der Waals surface area contributed by atoms with Crippen molar-refractivity contribution in [3.05, 3.63) is 29.8 Å². The van der Waals surface area contributed by atoms with Gasteiger partial charge in [0.2, 0.25) is 0 Å². The average molecular weight is 269 g/mol. The lowest BCUT2D eigenvalue weighted by molar-refractivity contribution is -0.0498. The topological polar surface area (TPSA) is 65.4 Å². The van der Waals surface area contributed by atoms with E-state index in [1.807, 2.05) is 0 Å². The SMILES string of the molecule is CCN1C(=O)NC(=N)C1c1ccc(OC(F)F)cc1. The molecule has 1 aliphatic heterocycles. The summed E-state index contributed by atoms with van der Waals surface area (Å²) >= 11 is 0. The predicted octanol–water partition coefficient (Wildman–Crippen LogP) is 2.35. The molecule has 1 saturated heterocycles. The van der Waals surface area contributed by atoms with Gasteiger partial charge in [0, 0.05) is 6.54 Å². The highest BCUT2D eigenvalue weighted by atomic mass is 19.3. The van der Waals surface area contributed by atoms with Gasteiger partial charge in [0.15, 0.2) is 0 Å². The van der Waals surface area contributed by atoms with E-state index in [1.54, 1.807) is 19.1 Å². The Morgan fingerprint density at radius 1 is 1.42 bits per heavy atom. The molecular formula is C12H13F2N3O2. The van der Waals surface area contributed by atoms with E-state index in [-0.39, 0.29) is 17.6 Å². The smallest absolute Gasteiger partial charge is 0.387 e. The second kappa shape index (κ2) is 5.21. The molecule has 102 valence electrons. The zero-order valence-corrected chi connectivity index (χ0v) is 10.2. The molecule has 1 heterocycles. The summed E-state index contributed by atoms with van der Waals surface area (Å²) in [5.74, 6) is 0.125. The first-order valence-electron chi connectivity index (χ1n) is 5.73. The number of ether oxygens (including phenoxy) is 1. The molecule has 0 aliphatic carbocycles. The highest BCUT2D eigenvalue weighted by Crippen LogP contribution is 2.27. The summed E-state index contributed by atoms with van der Waals surface area (Å²) in [6.07, 6.45) is 0. The van der Waals surface area contributed by atoms with Crippen LogP contribution in [0.4, 0.5) is 13.6 Å². The molecule has 1 unspecified atom stereocenters. The Kier molecular flexibility index (Phi) is 3.64. The monoisotopic (exact) mass is 269 g/mol. The second-order valence-corrected chi connectivity index (χ2v) is 3.98. The van der Waals surface area contributed by atoms with E-state index in [0.29, 0.717) is 12.1 Å². The molecular weight excluding hydrogens is 256 g/mol. The standard InChI is InChI=1S/C12H13F2N3O2/c1-2-17-9(10(15)16-12(17)18)7-3-5-8(6-4-7)19-11(13)14/h3-6,9,11H,2H2,1H3,(H2,15,16,18). The van der Waals surface area contributed by atoms with Crippen molar-refractivity contribution < 1.29 is 18.3 Å². The first-order chi connectivity index (χ1) is 9.02. The Morgan fingerprint density at radius 3 is 2.58 bits per heavy atom. The van der Waals surface area contributed by atoms with Gasteiger partial charge in [0.25, 0.3) is 0 Å². The zero-order chi connectivity index (χ0) is 14.0. The minimum Gasteiger partial charge on any atom is -0.435 e. The Bertz CT molecular complexity index is 490. The number of nitrogens with one attached hydrogen (secondary N) is 2. The van der Waals surface area contributed by atoms with E-state index in [0.717, 1.165) is 0 Å². The van der Waals surface area contributed by atoms with Gasteiger partial charge in [-0.25, -0.2) is 4.79 Å². The van der Waals surface area contributed by atoms with Crippen LogP contribution in [0, 0.1) is 5.41 Å². The van der Waals surface area contributed by atoms with Crippen LogP contribution in [0.1, 0.15) is 18.5 Å². The highest BCUT2D eigenvalue weighted by Gasteiger charge is 2.35. The summed E-state index contributed by atoms with van der Waals surface area (Å²) < 4.78 is 28.3. The van der Waals surface area contributed by atoms with Crippen LogP contribution in [0.3, 0.4) is 0 Å². The van der Waals surface area contributed by atoms with Crippen LogP contribution in [0.25, 0.3) is 0 Å². The summed E-state index contributed by atoms with van der Waals surface area (Å²) in [7, 11) is 0. The molecule has 2 N–H and O–H groups in total.